The molecule has 0 amide bonds. The van der Waals surface area contributed by atoms with Crippen molar-refractivity contribution in [2.24, 2.45) is 0 Å². The standard InChI is InChI=1S/C11H5Cl2F3N2S/c12-6-3-1-2-5(9(6)13)7-4-8(19)18-10(17-7)11(14,15)16/h1-4H,(H,17,18,19). The molecule has 2 nitrogen and oxygen atoms in total. The predicted octanol–water partition coefficient (Wildman–Crippen LogP) is 5.13. The first-order valence-corrected chi connectivity index (χ1v) is 6.08. The summed E-state index contributed by atoms with van der Waals surface area (Å²) in [7, 11) is 0. The van der Waals surface area contributed by atoms with Crippen LogP contribution in [0, 0.1) is 4.64 Å². The van der Waals surface area contributed by atoms with E-state index >= 15 is 0 Å². The fourth-order valence-corrected chi connectivity index (χ4v) is 2.06. The van der Waals surface area contributed by atoms with Gasteiger partial charge in [0.2, 0.25) is 5.82 Å². The summed E-state index contributed by atoms with van der Waals surface area (Å²) in [5, 5.41) is 0.387. The van der Waals surface area contributed by atoms with Gasteiger partial charge in [0.05, 0.1) is 15.7 Å². The number of aromatic amines is 1. The number of nitrogens with one attached hydrogen (secondary N) is 1. The van der Waals surface area contributed by atoms with Gasteiger partial charge in [-0.2, -0.15) is 13.2 Å². The van der Waals surface area contributed by atoms with Crippen molar-refractivity contribution in [1.29, 1.82) is 0 Å². The monoisotopic (exact) mass is 324 g/mol. The maximum atomic E-state index is 12.6. The number of H-pyrrole nitrogens is 1. The van der Waals surface area contributed by atoms with Crippen LogP contribution in [0.3, 0.4) is 0 Å². The van der Waals surface area contributed by atoms with E-state index in [0.29, 0.717) is 5.56 Å². The molecular weight excluding hydrogens is 320 g/mol. The molecule has 2 rings (SSSR count). The quantitative estimate of drug-likeness (QED) is 0.736. The molecule has 0 saturated heterocycles. The summed E-state index contributed by atoms with van der Waals surface area (Å²) in [6.07, 6.45) is -4.62. The number of benzene rings is 1. The molecule has 19 heavy (non-hydrogen) atoms. The Hall–Kier alpha value is -1.11. The van der Waals surface area contributed by atoms with Crippen LogP contribution < -0.4 is 0 Å². The van der Waals surface area contributed by atoms with Gasteiger partial charge in [-0.05, 0) is 12.1 Å². The molecule has 1 heterocycles. The minimum Gasteiger partial charge on any atom is -0.335 e. The van der Waals surface area contributed by atoms with E-state index in [9.17, 15) is 13.2 Å². The molecule has 1 aromatic carbocycles. The molecule has 0 aliphatic rings. The van der Waals surface area contributed by atoms with Crippen LogP contribution in [0.15, 0.2) is 24.3 Å². The molecule has 0 unspecified atom stereocenters. The van der Waals surface area contributed by atoms with Gasteiger partial charge < -0.3 is 4.98 Å². The average Bonchev–Trinajstić information content (AvgIpc) is 2.31. The van der Waals surface area contributed by atoms with Gasteiger partial charge in [-0.3, -0.25) is 0 Å². The Balaban J connectivity index is 2.67. The third-order valence-corrected chi connectivity index (χ3v) is 3.28. The number of rotatable bonds is 1. The van der Waals surface area contributed by atoms with E-state index < -0.39 is 12.0 Å². The van der Waals surface area contributed by atoms with Crippen LogP contribution >= 0.6 is 35.4 Å². The second kappa shape index (κ2) is 5.11. The molecule has 0 atom stereocenters. The van der Waals surface area contributed by atoms with Gasteiger partial charge in [0.25, 0.3) is 0 Å². The number of aromatic nitrogens is 2. The van der Waals surface area contributed by atoms with Crippen molar-refractivity contribution in [3.8, 4) is 11.3 Å². The number of hydrogen-bond acceptors (Lipinski definition) is 2. The molecule has 1 N–H and O–H groups in total. The molecule has 0 aliphatic heterocycles. The highest BCUT2D eigenvalue weighted by Gasteiger charge is 2.34. The highest BCUT2D eigenvalue weighted by atomic mass is 35.5. The molecular formula is C11H5Cl2F3N2S. The maximum Gasteiger partial charge on any atom is 0.449 e. The zero-order valence-electron chi connectivity index (χ0n) is 9.05. The van der Waals surface area contributed by atoms with Crippen molar-refractivity contribution < 1.29 is 13.2 Å². The summed E-state index contributed by atoms with van der Waals surface area (Å²) in [4.78, 5) is 5.40. The van der Waals surface area contributed by atoms with E-state index in [1.54, 1.807) is 6.07 Å². The topological polar surface area (TPSA) is 28.7 Å². The summed E-state index contributed by atoms with van der Waals surface area (Å²) in [5.74, 6) is -1.17. The van der Waals surface area contributed by atoms with Crippen LogP contribution in [-0.4, -0.2) is 9.97 Å². The van der Waals surface area contributed by atoms with E-state index in [0.717, 1.165) is 0 Å². The molecule has 2 aromatic rings. The minimum absolute atomic E-state index is 0.111. The normalized spacial score (nSPS) is 11.6. The van der Waals surface area contributed by atoms with Gasteiger partial charge >= 0.3 is 6.18 Å². The molecule has 0 radical (unpaired) electrons. The van der Waals surface area contributed by atoms with E-state index in [4.69, 9.17) is 35.4 Å². The molecule has 0 fully saturated rings. The van der Waals surface area contributed by atoms with Crippen LogP contribution in [0.4, 0.5) is 13.2 Å². The Bertz CT molecular complexity index is 682. The van der Waals surface area contributed by atoms with E-state index in [-0.39, 0.29) is 20.4 Å². The Labute approximate surface area is 121 Å². The predicted molar refractivity (Wildman–Crippen MR) is 69.9 cm³/mol. The third kappa shape index (κ3) is 3.08. The van der Waals surface area contributed by atoms with Crippen molar-refractivity contribution in [2.45, 2.75) is 6.18 Å². The van der Waals surface area contributed by atoms with Crippen molar-refractivity contribution >= 4 is 35.4 Å². The lowest BCUT2D eigenvalue weighted by Gasteiger charge is -2.10. The fraction of sp³-hybridized carbons (Fsp3) is 0.0909. The van der Waals surface area contributed by atoms with E-state index in [1.165, 1.54) is 18.2 Å². The molecule has 0 bridgehead atoms. The lowest BCUT2D eigenvalue weighted by molar-refractivity contribution is -0.144. The van der Waals surface area contributed by atoms with Crippen molar-refractivity contribution in [3.63, 3.8) is 0 Å². The highest BCUT2D eigenvalue weighted by Crippen LogP contribution is 2.34. The Morgan fingerprint density at radius 3 is 2.53 bits per heavy atom. The van der Waals surface area contributed by atoms with Crippen LogP contribution in [-0.2, 0) is 6.18 Å². The summed E-state index contributed by atoms with van der Waals surface area (Å²) in [6, 6.07) is 5.94. The minimum atomic E-state index is -4.62. The van der Waals surface area contributed by atoms with Crippen LogP contribution in [0.1, 0.15) is 5.82 Å². The molecule has 0 aliphatic carbocycles. The summed E-state index contributed by atoms with van der Waals surface area (Å²) < 4.78 is 37.7. The Morgan fingerprint density at radius 1 is 1.21 bits per heavy atom. The fourth-order valence-electron chi connectivity index (χ4n) is 1.45. The lowest BCUT2D eigenvalue weighted by Crippen LogP contribution is -2.11. The van der Waals surface area contributed by atoms with Crippen molar-refractivity contribution in [1.82, 2.24) is 9.97 Å². The van der Waals surface area contributed by atoms with E-state index in [1.807, 2.05) is 0 Å². The Morgan fingerprint density at radius 2 is 1.89 bits per heavy atom. The van der Waals surface area contributed by atoms with E-state index in [2.05, 4.69) is 9.97 Å². The molecule has 100 valence electrons. The average molecular weight is 325 g/mol. The second-order valence-electron chi connectivity index (χ2n) is 3.58. The van der Waals surface area contributed by atoms with Crippen molar-refractivity contribution in [2.75, 3.05) is 0 Å². The third-order valence-electron chi connectivity index (χ3n) is 2.25. The molecule has 8 heteroatoms. The van der Waals surface area contributed by atoms with Gasteiger partial charge in [-0.25, -0.2) is 4.98 Å². The smallest absolute Gasteiger partial charge is 0.335 e. The summed E-state index contributed by atoms with van der Waals surface area (Å²) in [6.45, 7) is 0. The van der Waals surface area contributed by atoms with Crippen LogP contribution in [0.5, 0.6) is 0 Å². The first-order chi connectivity index (χ1) is 8.79. The number of alkyl halides is 3. The van der Waals surface area contributed by atoms with Crippen molar-refractivity contribution in [3.05, 3.63) is 44.8 Å². The SMILES string of the molecule is FC(F)(F)c1nc(=S)cc(-c2cccc(Cl)c2Cl)[nH]1. The summed E-state index contributed by atoms with van der Waals surface area (Å²) in [5.41, 5.74) is 0.438. The maximum absolute atomic E-state index is 12.6. The van der Waals surface area contributed by atoms with Gasteiger partial charge in [0, 0.05) is 5.56 Å². The highest BCUT2D eigenvalue weighted by molar-refractivity contribution is 7.71. The number of halogens is 5. The lowest BCUT2D eigenvalue weighted by atomic mass is 10.1. The number of hydrogen-bond donors (Lipinski definition) is 1. The number of nitrogens with zero attached hydrogens (tertiary/aromatic N) is 1. The van der Waals surface area contributed by atoms with Gasteiger partial charge in [0.15, 0.2) is 0 Å². The van der Waals surface area contributed by atoms with Gasteiger partial charge in [-0.15, -0.1) is 0 Å². The summed E-state index contributed by atoms with van der Waals surface area (Å²) >= 11 is 16.5. The Kier molecular flexibility index (Phi) is 3.85. The van der Waals surface area contributed by atoms with Crippen LogP contribution in [0.25, 0.3) is 11.3 Å². The van der Waals surface area contributed by atoms with Gasteiger partial charge in [0.1, 0.15) is 4.64 Å². The zero-order valence-corrected chi connectivity index (χ0v) is 11.4. The first kappa shape index (κ1) is 14.3. The molecule has 0 spiro atoms. The van der Waals surface area contributed by atoms with Gasteiger partial charge in [-0.1, -0.05) is 47.6 Å². The van der Waals surface area contributed by atoms with Crippen LogP contribution in [0.2, 0.25) is 10.0 Å². The second-order valence-corrected chi connectivity index (χ2v) is 4.78. The molecule has 1 aromatic heterocycles. The molecule has 0 saturated carbocycles. The first-order valence-electron chi connectivity index (χ1n) is 4.92. The largest absolute Gasteiger partial charge is 0.449 e. The zero-order chi connectivity index (χ0) is 14.2.